The number of hydrogen-bond donors (Lipinski definition) is 1. The summed E-state index contributed by atoms with van der Waals surface area (Å²) in [6.45, 7) is 1.47. The Labute approximate surface area is 194 Å². The van der Waals surface area contributed by atoms with Gasteiger partial charge in [0, 0.05) is 0 Å². The van der Waals surface area contributed by atoms with Crippen LogP contribution in [0.1, 0.15) is 42.5 Å². The highest BCUT2D eigenvalue weighted by atomic mass is 32.2. The van der Waals surface area contributed by atoms with Crippen LogP contribution in [0.15, 0.2) is 77.7 Å². The van der Waals surface area contributed by atoms with Gasteiger partial charge in [-0.15, -0.1) is 0 Å². The molecular formula is C26H27FN2O3S. The third-order valence-corrected chi connectivity index (χ3v) is 7.77. The first-order valence-corrected chi connectivity index (χ1v) is 12.5. The SMILES string of the molecule is CC(NC(=O)CN(c1ccc(F)cc1)S(=O)(=O)c1ccccc1)c1ccc2c(c1)CCCC2. The van der Waals surface area contributed by atoms with Crippen molar-refractivity contribution in [1.29, 1.82) is 0 Å². The minimum atomic E-state index is -4.02. The number of carbonyl (C=O) groups is 1. The summed E-state index contributed by atoms with van der Waals surface area (Å²) in [5.74, 6) is -0.926. The Hall–Kier alpha value is -3.19. The first-order chi connectivity index (χ1) is 15.8. The van der Waals surface area contributed by atoms with Crippen LogP contribution < -0.4 is 9.62 Å². The first-order valence-electron chi connectivity index (χ1n) is 11.1. The molecule has 0 spiro atoms. The smallest absolute Gasteiger partial charge is 0.264 e. The van der Waals surface area contributed by atoms with E-state index in [1.807, 2.05) is 13.0 Å². The summed E-state index contributed by atoms with van der Waals surface area (Å²) in [6, 6.07) is 19.0. The number of sulfonamides is 1. The normalized spacial score (nSPS) is 14.2. The van der Waals surface area contributed by atoms with Gasteiger partial charge in [-0.3, -0.25) is 9.10 Å². The van der Waals surface area contributed by atoms with Crippen LogP contribution in [0.5, 0.6) is 0 Å². The molecular weight excluding hydrogens is 439 g/mol. The van der Waals surface area contributed by atoms with Crippen molar-refractivity contribution in [2.75, 3.05) is 10.8 Å². The molecule has 33 heavy (non-hydrogen) atoms. The van der Waals surface area contributed by atoms with Crippen molar-refractivity contribution in [3.8, 4) is 0 Å². The van der Waals surface area contributed by atoms with Gasteiger partial charge in [0.25, 0.3) is 10.0 Å². The molecule has 4 rings (SSSR count). The average Bonchev–Trinajstić information content (AvgIpc) is 2.83. The summed E-state index contributed by atoms with van der Waals surface area (Å²) in [5, 5.41) is 2.92. The molecule has 1 atom stereocenters. The van der Waals surface area contributed by atoms with Crippen LogP contribution in [0.25, 0.3) is 0 Å². The second kappa shape index (κ2) is 9.75. The summed E-state index contributed by atoms with van der Waals surface area (Å²) >= 11 is 0. The van der Waals surface area contributed by atoms with E-state index in [1.54, 1.807) is 18.2 Å². The van der Waals surface area contributed by atoms with Gasteiger partial charge < -0.3 is 5.32 Å². The highest BCUT2D eigenvalue weighted by molar-refractivity contribution is 7.92. The van der Waals surface area contributed by atoms with Crippen LogP contribution in [0.4, 0.5) is 10.1 Å². The lowest BCUT2D eigenvalue weighted by molar-refractivity contribution is -0.120. The number of fused-ring (bicyclic) bond motifs is 1. The van der Waals surface area contributed by atoms with Gasteiger partial charge in [-0.1, -0.05) is 36.4 Å². The molecule has 0 fully saturated rings. The molecule has 1 unspecified atom stereocenters. The summed E-state index contributed by atoms with van der Waals surface area (Å²) in [6.07, 6.45) is 4.49. The summed E-state index contributed by atoms with van der Waals surface area (Å²) < 4.78 is 41.1. The van der Waals surface area contributed by atoms with Crippen LogP contribution in [-0.2, 0) is 27.7 Å². The van der Waals surface area contributed by atoms with Gasteiger partial charge >= 0.3 is 0 Å². The predicted octanol–water partition coefficient (Wildman–Crippen LogP) is 4.78. The molecule has 1 amide bonds. The Bertz CT molecular complexity index is 1230. The molecule has 3 aromatic carbocycles. The van der Waals surface area contributed by atoms with E-state index >= 15 is 0 Å². The number of anilines is 1. The minimum Gasteiger partial charge on any atom is -0.348 e. The number of aryl methyl sites for hydroxylation is 2. The molecule has 5 nitrogen and oxygen atoms in total. The number of amides is 1. The quantitative estimate of drug-likeness (QED) is 0.545. The maximum atomic E-state index is 13.5. The summed E-state index contributed by atoms with van der Waals surface area (Å²) in [5.41, 5.74) is 3.89. The van der Waals surface area contributed by atoms with Crippen LogP contribution in [-0.4, -0.2) is 20.9 Å². The number of rotatable bonds is 7. The lowest BCUT2D eigenvalue weighted by Gasteiger charge is -2.25. The zero-order chi connectivity index (χ0) is 23.4. The Morgan fingerprint density at radius 3 is 2.33 bits per heavy atom. The molecule has 0 radical (unpaired) electrons. The van der Waals surface area contributed by atoms with Crippen molar-refractivity contribution >= 4 is 21.6 Å². The molecule has 0 saturated carbocycles. The molecule has 3 aromatic rings. The fourth-order valence-electron chi connectivity index (χ4n) is 4.17. The number of nitrogens with one attached hydrogen (secondary N) is 1. The maximum Gasteiger partial charge on any atom is 0.264 e. The number of benzene rings is 3. The molecule has 0 bridgehead atoms. The molecule has 7 heteroatoms. The molecule has 1 aliphatic rings. The number of halogens is 1. The second-order valence-electron chi connectivity index (χ2n) is 8.33. The van der Waals surface area contributed by atoms with Crippen molar-refractivity contribution in [1.82, 2.24) is 5.32 Å². The van der Waals surface area contributed by atoms with Crippen molar-refractivity contribution in [3.05, 3.63) is 95.3 Å². The zero-order valence-corrected chi connectivity index (χ0v) is 19.3. The van der Waals surface area contributed by atoms with E-state index in [2.05, 4.69) is 17.4 Å². The van der Waals surface area contributed by atoms with Gasteiger partial charge in [0.1, 0.15) is 12.4 Å². The first kappa shape index (κ1) is 23.0. The largest absolute Gasteiger partial charge is 0.348 e. The molecule has 0 aromatic heterocycles. The molecule has 0 aliphatic heterocycles. The number of hydrogen-bond acceptors (Lipinski definition) is 3. The predicted molar refractivity (Wildman–Crippen MR) is 127 cm³/mol. The van der Waals surface area contributed by atoms with Gasteiger partial charge in [0.15, 0.2) is 0 Å². The Kier molecular flexibility index (Phi) is 6.79. The minimum absolute atomic E-state index is 0.0601. The average molecular weight is 467 g/mol. The number of carbonyl (C=O) groups excluding carboxylic acids is 1. The Balaban J connectivity index is 1.56. The fourth-order valence-corrected chi connectivity index (χ4v) is 5.61. The standard InChI is InChI=1S/C26H27FN2O3S/c1-19(21-12-11-20-7-5-6-8-22(20)17-21)28-26(30)18-29(24-15-13-23(27)14-16-24)33(31,32)25-9-3-2-4-10-25/h2-4,9-17,19H,5-8,18H2,1H3,(H,28,30). The van der Waals surface area contributed by atoms with Crippen molar-refractivity contribution < 1.29 is 17.6 Å². The molecule has 0 saturated heterocycles. The van der Waals surface area contributed by atoms with Gasteiger partial charge in [0.2, 0.25) is 5.91 Å². The van der Waals surface area contributed by atoms with Gasteiger partial charge in [-0.25, -0.2) is 12.8 Å². The summed E-state index contributed by atoms with van der Waals surface area (Å²) in [4.78, 5) is 13.0. The van der Waals surface area contributed by atoms with Crippen molar-refractivity contribution in [3.63, 3.8) is 0 Å². The highest BCUT2D eigenvalue weighted by Crippen LogP contribution is 2.26. The number of nitrogens with zero attached hydrogens (tertiary/aromatic N) is 1. The third-order valence-electron chi connectivity index (χ3n) is 5.98. The topological polar surface area (TPSA) is 66.5 Å². The van der Waals surface area contributed by atoms with E-state index < -0.39 is 28.3 Å². The van der Waals surface area contributed by atoms with Crippen LogP contribution in [0.3, 0.4) is 0 Å². The second-order valence-corrected chi connectivity index (χ2v) is 10.2. The lowest BCUT2D eigenvalue weighted by Crippen LogP contribution is -2.41. The van der Waals surface area contributed by atoms with Gasteiger partial charge in [-0.05, 0) is 85.7 Å². The monoisotopic (exact) mass is 466 g/mol. The Morgan fingerprint density at radius 2 is 1.64 bits per heavy atom. The maximum absolute atomic E-state index is 13.5. The summed E-state index contributed by atoms with van der Waals surface area (Å²) in [7, 11) is -4.02. The van der Waals surface area contributed by atoms with E-state index in [-0.39, 0.29) is 16.6 Å². The molecule has 1 aliphatic carbocycles. The van der Waals surface area contributed by atoms with Crippen molar-refractivity contribution in [2.45, 2.75) is 43.5 Å². The van der Waals surface area contributed by atoms with E-state index in [1.165, 1.54) is 60.4 Å². The van der Waals surface area contributed by atoms with E-state index in [0.29, 0.717) is 0 Å². The molecule has 1 N–H and O–H groups in total. The van der Waals surface area contributed by atoms with Crippen LogP contribution in [0.2, 0.25) is 0 Å². The zero-order valence-electron chi connectivity index (χ0n) is 18.5. The molecule has 172 valence electrons. The van der Waals surface area contributed by atoms with E-state index in [4.69, 9.17) is 0 Å². The van der Waals surface area contributed by atoms with E-state index in [0.717, 1.165) is 22.7 Å². The van der Waals surface area contributed by atoms with Crippen molar-refractivity contribution in [2.24, 2.45) is 0 Å². The lowest BCUT2D eigenvalue weighted by atomic mass is 9.89. The Morgan fingerprint density at radius 1 is 0.970 bits per heavy atom. The fraction of sp³-hybridized carbons (Fsp3) is 0.269. The van der Waals surface area contributed by atoms with Gasteiger partial charge in [-0.2, -0.15) is 0 Å². The van der Waals surface area contributed by atoms with Crippen LogP contribution >= 0.6 is 0 Å². The van der Waals surface area contributed by atoms with Crippen LogP contribution in [0, 0.1) is 5.82 Å². The highest BCUT2D eigenvalue weighted by Gasteiger charge is 2.27. The molecule has 0 heterocycles. The van der Waals surface area contributed by atoms with E-state index in [9.17, 15) is 17.6 Å². The van der Waals surface area contributed by atoms with Gasteiger partial charge in [0.05, 0.1) is 16.6 Å². The third kappa shape index (κ3) is 5.25.